The minimum Gasteiger partial charge on any atom is -0.330 e. The van der Waals surface area contributed by atoms with Crippen LogP contribution in [-0.4, -0.2) is 17.3 Å². The first kappa shape index (κ1) is 15.4. The molecule has 1 heterocycles. The smallest absolute Gasteiger partial charge is 0.102 e. The summed E-state index contributed by atoms with van der Waals surface area (Å²) in [6.07, 6.45) is 1.84. The second-order valence-electron chi connectivity index (χ2n) is 1.77. The van der Waals surface area contributed by atoms with E-state index in [1.54, 1.807) is 11.3 Å². The highest BCUT2D eigenvalue weighted by molar-refractivity contribution is 8.93. The molecule has 1 aromatic rings. The lowest BCUT2D eigenvalue weighted by atomic mass is 10.8. The maximum Gasteiger partial charge on any atom is 0.102 e. The van der Waals surface area contributed by atoms with Crippen molar-refractivity contribution in [1.29, 1.82) is 0 Å². The topological polar surface area (TPSA) is 38.9 Å². The van der Waals surface area contributed by atoms with E-state index in [1.165, 1.54) is 5.01 Å². The number of thiazole rings is 1. The summed E-state index contributed by atoms with van der Waals surface area (Å²) in [6.45, 7) is 0.760. The Kier molecular flexibility index (Phi) is 12.8. The summed E-state index contributed by atoms with van der Waals surface area (Å²) in [5, 5.41) is 3.19. The van der Waals surface area contributed by atoms with Crippen LogP contribution < -0.4 is 5.73 Å². The van der Waals surface area contributed by atoms with Crippen molar-refractivity contribution in [2.24, 2.45) is 5.73 Å². The van der Waals surface area contributed by atoms with Gasteiger partial charge in [-0.05, 0) is 0 Å². The predicted molar refractivity (Wildman–Crippen MR) is 68.0 cm³/mol. The van der Waals surface area contributed by atoms with E-state index in [1.807, 2.05) is 23.3 Å². The van der Waals surface area contributed by atoms with E-state index in [2.05, 4.69) is 4.98 Å². The van der Waals surface area contributed by atoms with Gasteiger partial charge < -0.3 is 5.73 Å². The molecule has 1 rings (SSSR count). The Balaban J connectivity index is 0. The second kappa shape index (κ2) is 9.98. The van der Waals surface area contributed by atoms with Crippen LogP contribution in [0, 0.1) is 0 Å². The van der Waals surface area contributed by atoms with E-state index >= 15 is 0 Å². The highest BCUT2D eigenvalue weighted by Crippen LogP contribution is 2.12. The zero-order chi connectivity index (χ0) is 7.23. The molecule has 0 saturated heterocycles. The molecule has 72 valence electrons. The molecule has 0 saturated carbocycles. The lowest BCUT2D eigenvalue weighted by Crippen LogP contribution is -2.01. The third-order valence-electron chi connectivity index (χ3n) is 0.971. The number of thioether (sulfide) groups is 1. The fraction of sp³-hybridized carbons (Fsp3) is 0.500. The quantitative estimate of drug-likeness (QED) is 0.859. The SMILES string of the molecule is Br.Br.NCCSCc1nccs1. The average molecular weight is 336 g/mol. The van der Waals surface area contributed by atoms with Crippen LogP contribution in [0.15, 0.2) is 11.6 Å². The van der Waals surface area contributed by atoms with Gasteiger partial charge in [-0.25, -0.2) is 4.98 Å². The Hall–Kier alpha value is 0.900. The van der Waals surface area contributed by atoms with Gasteiger partial charge >= 0.3 is 0 Å². The summed E-state index contributed by atoms with van der Waals surface area (Å²) in [6, 6.07) is 0. The highest BCUT2D eigenvalue weighted by Gasteiger charge is 1.93. The molecule has 0 radical (unpaired) electrons. The van der Waals surface area contributed by atoms with Crippen molar-refractivity contribution in [1.82, 2.24) is 4.98 Å². The van der Waals surface area contributed by atoms with Crippen LogP contribution in [-0.2, 0) is 5.75 Å². The van der Waals surface area contributed by atoms with Crippen molar-refractivity contribution in [3.63, 3.8) is 0 Å². The van der Waals surface area contributed by atoms with Crippen LogP contribution in [0.25, 0.3) is 0 Å². The van der Waals surface area contributed by atoms with E-state index in [0.29, 0.717) is 0 Å². The maximum atomic E-state index is 5.33. The number of rotatable bonds is 4. The van der Waals surface area contributed by atoms with Crippen molar-refractivity contribution in [3.05, 3.63) is 16.6 Å². The first-order valence-electron chi connectivity index (χ1n) is 3.09. The van der Waals surface area contributed by atoms with Gasteiger partial charge in [-0.15, -0.1) is 45.3 Å². The van der Waals surface area contributed by atoms with Gasteiger partial charge in [0.25, 0.3) is 0 Å². The van der Waals surface area contributed by atoms with E-state index in [-0.39, 0.29) is 34.0 Å². The second-order valence-corrected chi connectivity index (χ2v) is 3.85. The Bertz CT molecular complexity index is 170. The lowest BCUT2D eigenvalue weighted by Gasteiger charge is -1.93. The highest BCUT2D eigenvalue weighted by atomic mass is 79.9. The third kappa shape index (κ3) is 6.42. The fourth-order valence-electron chi connectivity index (χ4n) is 0.567. The number of hydrogen-bond acceptors (Lipinski definition) is 4. The van der Waals surface area contributed by atoms with Gasteiger partial charge in [0.1, 0.15) is 5.01 Å². The molecule has 0 aliphatic carbocycles. The summed E-state index contributed by atoms with van der Waals surface area (Å²) in [4.78, 5) is 4.14. The Morgan fingerprint density at radius 3 is 2.75 bits per heavy atom. The third-order valence-corrected chi connectivity index (χ3v) is 2.94. The first-order chi connectivity index (χ1) is 4.93. The van der Waals surface area contributed by atoms with Crippen LogP contribution >= 0.6 is 57.1 Å². The number of nitrogens with two attached hydrogens (primary N) is 1. The van der Waals surface area contributed by atoms with E-state index in [4.69, 9.17) is 5.73 Å². The normalized spacial score (nSPS) is 8.42. The molecule has 2 nitrogen and oxygen atoms in total. The molecular weight excluding hydrogens is 324 g/mol. The van der Waals surface area contributed by atoms with Crippen LogP contribution in [0.1, 0.15) is 5.01 Å². The summed E-state index contributed by atoms with van der Waals surface area (Å²) in [5.74, 6) is 2.04. The van der Waals surface area contributed by atoms with Crippen molar-refractivity contribution >= 4 is 57.1 Å². The van der Waals surface area contributed by atoms with Crippen molar-refractivity contribution in [3.8, 4) is 0 Å². The molecule has 0 fully saturated rings. The molecule has 0 aliphatic heterocycles. The van der Waals surface area contributed by atoms with Crippen LogP contribution in [0.5, 0.6) is 0 Å². The minimum absolute atomic E-state index is 0. The zero-order valence-corrected chi connectivity index (χ0v) is 11.5. The Morgan fingerprint density at radius 1 is 1.50 bits per heavy atom. The van der Waals surface area contributed by atoms with Gasteiger partial charge in [0.2, 0.25) is 0 Å². The van der Waals surface area contributed by atoms with Gasteiger partial charge in [-0.1, -0.05) is 0 Å². The average Bonchev–Trinajstić information content (AvgIpc) is 2.41. The van der Waals surface area contributed by atoms with E-state index in [0.717, 1.165) is 18.1 Å². The molecule has 0 atom stereocenters. The van der Waals surface area contributed by atoms with E-state index in [9.17, 15) is 0 Å². The monoisotopic (exact) mass is 334 g/mol. The Labute approximate surface area is 102 Å². The lowest BCUT2D eigenvalue weighted by molar-refractivity contribution is 1.14. The molecule has 12 heavy (non-hydrogen) atoms. The Morgan fingerprint density at radius 2 is 2.25 bits per heavy atom. The molecule has 0 amide bonds. The molecule has 0 bridgehead atoms. The van der Waals surface area contributed by atoms with Crippen LogP contribution in [0.2, 0.25) is 0 Å². The molecule has 0 spiro atoms. The molecule has 0 aliphatic rings. The van der Waals surface area contributed by atoms with Crippen molar-refractivity contribution in [2.75, 3.05) is 12.3 Å². The number of halogens is 2. The number of aromatic nitrogens is 1. The molecule has 1 aromatic heterocycles. The predicted octanol–water partition coefficient (Wildman–Crippen LogP) is 2.49. The molecule has 6 heteroatoms. The zero-order valence-electron chi connectivity index (χ0n) is 6.43. The van der Waals surface area contributed by atoms with Crippen LogP contribution in [0.4, 0.5) is 0 Å². The number of hydrogen-bond donors (Lipinski definition) is 1. The minimum atomic E-state index is 0. The van der Waals surface area contributed by atoms with Gasteiger partial charge in [-0.2, -0.15) is 11.8 Å². The maximum absolute atomic E-state index is 5.33. The van der Waals surface area contributed by atoms with Gasteiger partial charge in [0, 0.05) is 29.6 Å². The van der Waals surface area contributed by atoms with Gasteiger partial charge in [0.15, 0.2) is 0 Å². The largest absolute Gasteiger partial charge is 0.330 e. The van der Waals surface area contributed by atoms with Crippen LogP contribution in [0.3, 0.4) is 0 Å². The molecular formula is C6H12Br2N2S2. The van der Waals surface area contributed by atoms with Crippen molar-refractivity contribution in [2.45, 2.75) is 5.75 Å². The van der Waals surface area contributed by atoms with Gasteiger partial charge in [-0.3, -0.25) is 0 Å². The van der Waals surface area contributed by atoms with Gasteiger partial charge in [0.05, 0.1) is 0 Å². The summed E-state index contributed by atoms with van der Waals surface area (Å²) in [5.41, 5.74) is 5.33. The molecule has 0 aromatic carbocycles. The summed E-state index contributed by atoms with van der Waals surface area (Å²) < 4.78 is 0. The van der Waals surface area contributed by atoms with E-state index < -0.39 is 0 Å². The summed E-state index contributed by atoms with van der Waals surface area (Å²) >= 11 is 3.53. The summed E-state index contributed by atoms with van der Waals surface area (Å²) in [7, 11) is 0. The number of nitrogens with zero attached hydrogens (tertiary/aromatic N) is 1. The molecule has 2 N–H and O–H groups in total. The standard InChI is InChI=1S/C6H10N2S2.2BrH/c7-1-3-9-5-6-8-2-4-10-6;;/h2,4H,1,3,5,7H2;2*1H. The first-order valence-corrected chi connectivity index (χ1v) is 5.13. The van der Waals surface area contributed by atoms with Crippen molar-refractivity contribution < 1.29 is 0 Å². The molecule has 0 unspecified atom stereocenters. The fourth-order valence-corrected chi connectivity index (χ4v) is 2.05.